The van der Waals surface area contributed by atoms with Crippen molar-refractivity contribution in [1.82, 2.24) is 10.2 Å². The monoisotopic (exact) mass is 298 g/mol. The van der Waals surface area contributed by atoms with Crippen LogP contribution in [0.5, 0.6) is 0 Å². The molecule has 19 heavy (non-hydrogen) atoms. The lowest BCUT2D eigenvalue weighted by Crippen LogP contribution is -2.27. The number of anilines is 1. The van der Waals surface area contributed by atoms with Gasteiger partial charge in [0.25, 0.3) is 0 Å². The van der Waals surface area contributed by atoms with Gasteiger partial charge in [0, 0.05) is 6.54 Å². The van der Waals surface area contributed by atoms with Gasteiger partial charge in [-0.2, -0.15) is 0 Å². The predicted octanol–water partition coefficient (Wildman–Crippen LogP) is 1.95. The standard InChI is InChI=1S/C12H14N4OS.ClH/c1-8-15-16-12(18-8)14-11(17)10(7-13)9-5-3-2-4-6-9;/h2-6,10H,7,13H2,1H3,(H,14,16,17);1H. The number of benzene rings is 1. The van der Waals surface area contributed by atoms with E-state index in [0.29, 0.717) is 5.13 Å². The molecule has 0 bridgehead atoms. The van der Waals surface area contributed by atoms with E-state index >= 15 is 0 Å². The topological polar surface area (TPSA) is 80.9 Å². The van der Waals surface area contributed by atoms with Crippen molar-refractivity contribution >= 4 is 34.8 Å². The number of hydrogen-bond acceptors (Lipinski definition) is 5. The molecule has 1 aromatic heterocycles. The molecule has 102 valence electrons. The van der Waals surface area contributed by atoms with Crippen molar-refractivity contribution in [3.8, 4) is 0 Å². The summed E-state index contributed by atoms with van der Waals surface area (Å²) in [6.45, 7) is 2.10. The molecule has 5 nitrogen and oxygen atoms in total. The van der Waals surface area contributed by atoms with Gasteiger partial charge in [0.15, 0.2) is 0 Å². The first kappa shape index (κ1) is 15.6. The van der Waals surface area contributed by atoms with Crippen LogP contribution in [0, 0.1) is 6.92 Å². The molecule has 1 amide bonds. The van der Waals surface area contributed by atoms with E-state index in [1.54, 1.807) is 0 Å². The Morgan fingerprint density at radius 3 is 2.58 bits per heavy atom. The average Bonchev–Trinajstić information content (AvgIpc) is 2.77. The van der Waals surface area contributed by atoms with Gasteiger partial charge in [0.1, 0.15) is 5.01 Å². The first-order chi connectivity index (χ1) is 8.70. The van der Waals surface area contributed by atoms with E-state index < -0.39 is 0 Å². The normalized spacial score (nSPS) is 11.5. The zero-order valence-electron chi connectivity index (χ0n) is 10.4. The van der Waals surface area contributed by atoms with Crippen molar-refractivity contribution in [2.45, 2.75) is 12.8 Å². The maximum absolute atomic E-state index is 12.1. The van der Waals surface area contributed by atoms with Gasteiger partial charge in [0.05, 0.1) is 5.92 Å². The van der Waals surface area contributed by atoms with Gasteiger partial charge in [0.2, 0.25) is 11.0 Å². The Morgan fingerprint density at radius 1 is 1.37 bits per heavy atom. The van der Waals surface area contributed by atoms with Crippen LogP contribution in [0.1, 0.15) is 16.5 Å². The third-order valence-electron chi connectivity index (χ3n) is 2.51. The summed E-state index contributed by atoms with van der Waals surface area (Å²) >= 11 is 1.34. The number of nitrogens with zero attached hydrogens (tertiary/aromatic N) is 2. The highest BCUT2D eigenvalue weighted by molar-refractivity contribution is 7.15. The molecule has 0 saturated heterocycles. The summed E-state index contributed by atoms with van der Waals surface area (Å²) < 4.78 is 0. The van der Waals surface area contributed by atoms with E-state index in [1.807, 2.05) is 37.3 Å². The van der Waals surface area contributed by atoms with Crippen molar-refractivity contribution in [3.05, 3.63) is 40.9 Å². The number of halogens is 1. The Hall–Kier alpha value is -1.50. The van der Waals surface area contributed by atoms with E-state index in [-0.39, 0.29) is 30.8 Å². The van der Waals surface area contributed by atoms with Crippen LogP contribution in [-0.4, -0.2) is 22.6 Å². The lowest BCUT2D eigenvalue weighted by molar-refractivity contribution is -0.117. The lowest BCUT2D eigenvalue weighted by atomic mass is 9.99. The van der Waals surface area contributed by atoms with Crippen molar-refractivity contribution in [2.24, 2.45) is 5.73 Å². The third kappa shape index (κ3) is 3.99. The zero-order chi connectivity index (χ0) is 13.0. The molecule has 2 aromatic rings. The number of hydrogen-bond donors (Lipinski definition) is 2. The number of amides is 1. The number of nitrogens with two attached hydrogens (primary N) is 1. The Morgan fingerprint density at radius 2 is 2.05 bits per heavy atom. The van der Waals surface area contributed by atoms with Gasteiger partial charge in [-0.15, -0.1) is 22.6 Å². The van der Waals surface area contributed by atoms with Crippen molar-refractivity contribution in [2.75, 3.05) is 11.9 Å². The molecular weight excluding hydrogens is 284 g/mol. The molecule has 7 heteroatoms. The highest BCUT2D eigenvalue weighted by Crippen LogP contribution is 2.19. The number of nitrogens with one attached hydrogen (secondary N) is 1. The second-order valence-electron chi connectivity index (χ2n) is 3.81. The smallest absolute Gasteiger partial charge is 0.235 e. The number of aromatic nitrogens is 2. The molecule has 1 heterocycles. The molecule has 0 aliphatic carbocycles. The third-order valence-corrected chi connectivity index (χ3v) is 3.26. The summed E-state index contributed by atoms with van der Waals surface area (Å²) in [6, 6.07) is 9.47. The second kappa shape index (κ2) is 7.18. The van der Waals surface area contributed by atoms with E-state index in [4.69, 9.17) is 5.73 Å². The molecule has 1 aromatic carbocycles. The highest BCUT2D eigenvalue weighted by atomic mass is 35.5. The molecule has 1 unspecified atom stereocenters. The molecule has 0 aliphatic heterocycles. The lowest BCUT2D eigenvalue weighted by Gasteiger charge is -2.13. The largest absolute Gasteiger partial charge is 0.329 e. The minimum Gasteiger partial charge on any atom is -0.329 e. The Balaban J connectivity index is 0.00000180. The number of aryl methyl sites for hydroxylation is 1. The molecule has 0 fully saturated rings. The SMILES string of the molecule is Cc1nnc(NC(=O)C(CN)c2ccccc2)s1.Cl. The summed E-state index contributed by atoms with van der Waals surface area (Å²) in [7, 11) is 0. The Bertz CT molecular complexity index is 532. The maximum atomic E-state index is 12.1. The minimum absolute atomic E-state index is 0. The van der Waals surface area contributed by atoms with E-state index in [9.17, 15) is 4.79 Å². The van der Waals surface area contributed by atoms with Crippen LogP contribution in [0.25, 0.3) is 0 Å². The van der Waals surface area contributed by atoms with Crippen LogP contribution < -0.4 is 11.1 Å². The molecule has 1 atom stereocenters. The maximum Gasteiger partial charge on any atom is 0.235 e. The number of carbonyl (C=O) groups excluding carboxylic acids is 1. The molecule has 0 spiro atoms. The first-order valence-electron chi connectivity index (χ1n) is 5.56. The molecule has 0 aliphatic rings. The Labute approximate surface area is 121 Å². The minimum atomic E-state index is -0.365. The van der Waals surface area contributed by atoms with Gasteiger partial charge in [-0.05, 0) is 12.5 Å². The molecule has 2 rings (SSSR count). The van der Waals surface area contributed by atoms with E-state index in [1.165, 1.54) is 11.3 Å². The quantitative estimate of drug-likeness (QED) is 0.904. The average molecular weight is 299 g/mol. The van der Waals surface area contributed by atoms with Gasteiger partial charge < -0.3 is 5.73 Å². The summed E-state index contributed by atoms with van der Waals surface area (Å²) in [6.07, 6.45) is 0. The number of carbonyl (C=O) groups is 1. The van der Waals surface area contributed by atoms with Crippen molar-refractivity contribution in [3.63, 3.8) is 0 Å². The van der Waals surface area contributed by atoms with Gasteiger partial charge in [-0.3, -0.25) is 10.1 Å². The molecular formula is C12H15ClN4OS. The molecule has 0 saturated carbocycles. The predicted molar refractivity (Wildman–Crippen MR) is 78.8 cm³/mol. The summed E-state index contributed by atoms with van der Waals surface area (Å²) in [4.78, 5) is 12.1. The summed E-state index contributed by atoms with van der Waals surface area (Å²) in [5.41, 5.74) is 6.57. The van der Waals surface area contributed by atoms with Gasteiger partial charge >= 0.3 is 0 Å². The van der Waals surface area contributed by atoms with E-state index in [0.717, 1.165) is 10.6 Å². The van der Waals surface area contributed by atoms with Crippen LogP contribution >= 0.6 is 23.7 Å². The Kier molecular flexibility index (Phi) is 5.88. The van der Waals surface area contributed by atoms with Crippen LogP contribution in [0.15, 0.2) is 30.3 Å². The summed E-state index contributed by atoms with van der Waals surface area (Å²) in [5, 5.41) is 11.8. The summed E-state index contributed by atoms with van der Waals surface area (Å²) in [5.74, 6) is -0.518. The van der Waals surface area contributed by atoms with Crippen LogP contribution in [-0.2, 0) is 4.79 Å². The highest BCUT2D eigenvalue weighted by Gasteiger charge is 2.19. The number of rotatable bonds is 4. The zero-order valence-corrected chi connectivity index (χ0v) is 12.0. The van der Waals surface area contributed by atoms with Crippen LogP contribution in [0.2, 0.25) is 0 Å². The first-order valence-corrected chi connectivity index (χ1v) is 6.38. The molecule has 0 radical (unpaired) electrons. The van der Waals surface area contributed by atoms with Crippen LogP contribution in [0.4, 0.5) is 5.13 Å². The molecule has 3 N–H and O–H groups in total. The fourth-order valence-corrected chi connectivity index (χ4v) is 2.21. The van der Waals surface area contributed by atoms with Crippen molar-refractivity contribution in [1.29, 1.82) is 0 Å². The van der Waals surface area contributed by atoms with Crippen molar-refractivity contribution < 1.29 is 4.79 Å². The van der Waals surface area contributed by atoms with E-state index in [2.05, 4.69) is 15.5 Å². The fraction of sp³-hybridized carbons (Fsp3) is 0.250. The van der Waals surface area contributed by atoms with Gasteiger partial charge in [-0.25, -0.2) is 0 Å². The van der Waals surface area contributed by atoms with Crippen LogP contribution in [0.3, 0.4) is 0 Å². The second-order valence-corrected chi connectivity index (χ2v) is 5.00. The van der Waals surface area contributed by atoms with Gasteiger partial charge in [-0.1, -0.05) is 41.7 Å². The fourth-order valence-electron chi connectivity index (χ4n) is 1.62.